The first-order valence-electron chi connectivity index (χ1n) is 4.95. The van der Waals surface area contributed by atoms with E-state index in [1.807, 2.05) is 0 Å². The molecule has 0 aromatic rings. The second-order valence-corrected chi connectivity index (χ2v) is 3.82. The van der Waals surface area contributed by atoms with Crippen molar-refractivity contribution in [2.24, 2.45) is 11.5 Å². The summed E-state index contributed by atoms with van der Waals surface area (Å²) < 4.78 is 5.08. The molecule has 7 nitrogen and oxygen atoms in total. The maximum Gasteiger partial charge on any atom is 0.187 e. The Morgan fingerprint density at radius 2 is 1.94 bits per heavy atom. The van der Waals surface area contributed by atoms with E-state index >= 15 is 0 Å². The highest BCUT2D eigenvalue weighted by atomic mass is 16.6. The molecule has 0 spiro atoms. The van der Waals surface area contributed by atoms with Crippen molar-refractivity contribution < 1.29 is 25.2 Å². The molecule has 1 aliphatic rings. The van der Waals surface area contributed by atoms with E-state index in [0.717, 1.165) is 0 Å². The third-order valence-corrected chi connectivity index (χ3v) is 2.70. The van der Waals surface area contributed by atoms with Gasteiger partial charge in [0.15, 0.2) is 5.79 Å². The van der Waals surface area contributed by atoms with Crippen LogP contribution < -0.4 is 11.5 Å². The predicted molar refractivity (Wildman–Crippen MR) is 54.8 cm³/mol. The van der Waals surface area contributed by atoms with Crippen molar-refractivity contribution in [3.63, 3.8) is 0 Å². The third kappa shape index (κ3) is 2.34. The van der Waals surface area contributed by atoms with Crippen molar-refractivity contribution in [3.05, 3.63) is 12.3 Å². The first kappa shape index (κ1) is 13.4. The van der Waals surface area contributed by atoms with Gasteiger partial charge in [-0.1, -0.05) is 6.08 Å². The molecule has 0 bridgehead atoms. The molecule has 94 valence electrons. The van der Waals surface area contributed by atoms with Gasteiger partial charge in [0.05, 0.1) is 12.6 Å². The SMILES string of the molecule is NC=CCC1(O)O[C@H](CO)[C@@H](O)[C@H](O)[C@H]1N. The molecular weight excluding hydrogens is 216 g/mol. The fraction of sp³-hybridized carbons (Fsp3) is 0.778. The van der Waals surface area contributed by atoms with Crippen molar-refractivity contribution in [3.8, 4) is 0 Å². The summed E-state index contributed by atoms with van der Waals surface area (Å²) in [6.07, 6.45) is -1.20. The summed E-state index contributed by atoms with van der Waals surface area (Å²) in [5.74, 6) is -1.85. The molecule has 1 fully saturated rings. The highest BCUT2D eigenvalue weighted by molar-refractivity contribution is 5.01. The summed E-state index contributed by atoms with van der Waals surface area (Å²) >= 11 is 0. The maximum absolute atomic E-state index is 10.0. The molecule has 1 unspecified atom stereocenters. The molecule has 1 saturated heterocycles. The van der Waals surface area contributed by atoms with Crippen LogP contribution in [0.3, 0.4) is 0 Å². The van der Waals surface area contributed by atoms with E-state index in [2.05, 4.69) is 0 Å². The highest BCUT2D eigenvalue weighted by Gasteiger charge is 2.50. The number of rotatable bonds is 3. The van der Waals surface area contributed by atoms with E-state index < -0.39 is 36.7 Å². The van der Waals surface area contributed by atoms with Gasteiger partial charge in [-0.25, -0.2) is 0 Å². The van der Waals surface area contributed by atoms with E-state index in [0.29, 0.717) is 0 Å². The molecule has 1 rings (SSSR count). The van der Waals surface area contributed by atoms with E-state index in [-0.39, 0.29) is 6.42 Å². The number of ether oxygens (including phenoxy) is 1. The van der Waals surface area contributed by atoms with E-state index in [4.69, 9.17) is 21.3 Å². The minimum absolute atomic E-state index is 0.0368. The van der Waals surface area contributed by atoms with Crippen LogP contribution in [0.15, 0.2) is 12.3 Å². The highest BCUT2D eigenvalue weighted by Crippen LogP contribution is 2.29. The molecule has 1 heterocycles. The van der Waals surface area contributed by atoms with Crippen molar-refractivity contribution in [1.82, 2.24) is 0 Å². The zero-order chi connectivity index (χ0) is 12.3. The van der Waals surface area contributed by atoms with Gasteiger partial charge < -0.3 is 36.6 Å². The monoisotopic (exact) mass is 234 g/mol. The van der Waals surface area contributed by atoms with Gasteiger partial charge in [0, 0.05) is 6.42 Å². The molecule has 8 N–H and O–H groups in total. The lowest BCUT2D eigenvalue weighted by atomic mass is 9.89. The Labute approximate surface area is 92.9 Å². The lowest BCUT2D eigenvalue weighted by Gasteiger charge is -2.45. The lowest BCUT2D eigenvalue weighted by molar-refractivity contribution is -0.312. The molecule has 0 amide bonds. The first-order chi connectivity index (χ1) is 7.46. The number of hydrogen-bond donors (Lipinski definition) is 6. The second kappa shape index (κ2) is 5.09. The van der Waals surface area contributed by atoms with Gasteiger partial charge in [-0.05, 0) is 6.20 Å². The molecule has 0 saturated carbocycles. The smallest absolute Gasteiger partial charge is 0.187 e. The second-order valence-electron chi connectivity index (χ2n) is 3.82. The number of aliphatic hydroxyl groups excluding tert-OH is 3. The van der Waals surface area contributed by atoms with E-state index in [1.54, 1.807) is 0 Å². The van der Waals surface area contributed by atoms with Crippen molar-refractivity contribution in [1.29, 1.82) is 0 Å². The Bertz CT molecular complexity index is 260. The minimum Gasteiger partial charge on any atom is -0.405 e. The van der Waals surface area contributed by atoms with E-state index in [1.165, 1.54) is 12.3 Å². The molecule has 0 aromatic carbocycles. The molecule has 1 aliphatic heterocycles. The normalized spacial score (nSPS) is 45.1. The third-order valence-electron chi connectivity index (χ3n) is 2.70. The lowest BCUT2D eigenvalue weighted by Crippen LogP contribution is -2.68. The average Bonchev–Trinajstić information content (AvgIpc) is 2.29. The Balaban J connectivity index is 2.84. The summed E-state index contributed by atoms with van der Waals surface area (Å²) in [5.41, 5.74) is 10.7. The quantitative estimate of drug-likeness (QED) is 0.305. The van der Waals surface area contributed by atoms with E-state index in [9.17, 15) is 15.3 Å². The topological polar surface area (TPSA) is 142 Å². The fourth-order valence-electron chi connectivity index (χ4n) is 1.68. The molecule has 0 aliphatic carbocycles. The first-order valence-corrected chi connectivity index (χ1v) is 4.95. The Morgan fingerprint density at radius 1 is 1.31 bits per heavy atom. The van der Waals surface area contributed by atoms with Crippen LogP contribution in [0.1, 0.15) is 6.42 Å². The summed E-state index contributed by atoms with van der Waals surface area (Å²) in [5, 5.41) is 38.1. The van der Waals surface area contributed by atoms with Crippen LogP contribution in [0.2, 0.25) is 0 Å². The van der Waals surface area contributed by atoms with Gasteiger partial charge in [-0.3, -0.25) is 0 Å². The van der Waals surface area contributed by atoms with Gasteiger partial charge in [-0.2, -0.15) is 0 Å². The zero-order valence-corrected chi connectivity index (χ0v) is 8.73. The van der Waals surface area contributed by atoms with Crippen LogP contribution in [-0.4, -0.2) is 57.2 Å². The summed E-state index contributed by atoms with van der Waals surface area (Å²) in [7, 11) is 0. The Hall–Kier alpha value is -0.700. The van der Waals surface area contributed by atoms with Crippen LogP contribution >= 0.6 is 0 Å². The van der Waals surface area contributed by atoms with Gasteiger partial charge in [-0.15, -0.1) is 0 Å². The van der Waals surface area contributed by atoms with Crippen LogP contribution in [-0.2, 0) is 4.74 Å². The standard InChI is InChI=1S/C9H18N2O5/c10-3-1-2-9(15)8(11)7(14)6(13)5(4-12)16-9/h1,3,5-8,12-15H,2,4,10-11H2/t5-,6-,7+,8-,9?/m1/s1. The van der Waals surface area contributed by atoms with Gasteiger partial charge in [0.2, 0.25) is 0 Å². The van der Waals surface area contributed by atoms with Gasteiger partial charge in [0.25, 0.3) is 0 Å². The van der Waals surface area contributed by atoms with Crippen LogP contribution in [0, 0.1) is 0 Å². The molecule has 7 heteroatoms. The predicted octanol–water partition coefficient (Wildman–Crippen LogP) is -3.02. The van der Waals surface area contributed by atoms with Crippen molar-refractivity contribution in [2.75, 3.05) is 6.61 Å². The zero-order valence-electron chi connectivity index (χ0n) is 8.73. The number of nitrogens with two attached hydrogens (primary N) is 2. The summed E-state index contributed by atoms with van der Waals surface area (Å²) in [6.45, 7) is -0.528. The van der Waals surface area contributed by atoms with Gasteiger partial charge >= 0.3 is 0 Å². The fourth-order valence-corrected chi connectivity index (χ4v) is 1.68. The Morgan fingerprint density at radius 3 is 2.44 bits per heavy atom. The van der Waals surface area contributed by atoms with Crippen LogP contribution in [0.4, 0.5) is 0 Å². The van der Waals surface area contributed by atoms with Crippen molar-refractivity contribution in [2.45, 2.75) is 36.6 Å². The number of aliphatic hydroxyl groups is 4. The molecule has 5 atom stereocenters. The minimum atomic E-state index is -1.85. The summed E-state index contributed by atoms with van der Waals surface area (Å²) in [4.78, 5) is 0. The van der Waals surface area contributed by atoms with Gasteiger partial charge in [0.1, 0.15) is 18.3 Å². The molecule has 16 heavy (non-hydrogen) atoms. The number of hydrogen-bond acceptors (Lipinski definition) is 7. The molecule has 0 aromatic heterocycles. The molecule has 0 radical (unpaired) electrons. The van der Waals surface area contributed by atoms with Crippen molar-refractivity contribution >= 4 is 0 Å². The average molecular weight is 234 g/mol. The maximum atomic E-state index is 10.0. The largest absolute Gasteiger partial charge is 0.405 e. The molecular formula is C9H18N2O5. The summed E-state index contributed by atoms with van der Waals surface area (Å²) in [6, 6.07) is -1.18. The Kier molecular flexibility index (Phi) is 4.25. The van der Waals surface area contributed by atoms with Crippen LogP contribution in [0.5, 0.6) is 0 Å². The van der Waals surface area contributed by atoms with Crippen LogP contribution in [0.25, 0.3) is 0 Å².